The molecule has 0 bridgehead atoms. The van der Waals surface area contributed by atoms with Crippen molar-refractivity contribution in [3.05, 3.63) is 89.5 Å². The maximum absolute atomic E-state index is 13.1. The first-order chi connectivity index (χ1) is 14.8. The highest BCUT2D eigenvalue weighted by atomic mass is 16.1. The number of imidazole rings is 2. The molecule has 6 aromatic rings. The standard InChI is InChI=1S/C23H16N6O/c30-22-12-19(26-14-9-10-16-20(11-14)25-13-24-16)15-5-1-4-8-21(15)29(22)23-27-17-6-2-3-7-18(17)28-23/h1-13,26H,(H,24,25)(H,27,28). The quantitative estimate of drug-likeness (QED) is 0.414. The van der Waals surface area contributed by atoms with E-state index in [1.165, 1.54) is 0 Å². The second kappa shape index (κ2) is 6.31. The van der Waals surface area contributed by atoms with E-state index < -0.39 is 0 Å². The van der Waals surface area contributed by atoms with Crippen LogP contribution in [0, 0.1) is 0 Å². The van der Waals surface area contributed by atoms with Gasteiger partial charge in [-0.3, -0.25) is 4.79 Å². The molecule has 3 heterocycles. The van der Waals surface area contributed by atoms with Gasteiger partial charge in [-0.2, -0.15) is 0 Å². The van der Waals surface area contributed by atoms with E-state index in [4.69, 9.17) is 0 Å². The number of aromatic nitrogens is 5. The zero-order valence-corrected chi connectivity index (χ0v) is 15.8. The van der Waals surface area contributed by atoms with Gasteiger partial charge in [0, 0.05) is 17.1 Å². The second-order valence-corrected chi connectivity index (χ2v) is 7.09. The smallest absolute Gasteiger partial charge is 0.260 e. The number of fused-ring (bicyclic) bond motifs is 3. The third kappa shape index (κ3) is 2.56. The number of nitrogens with one attached hydrogen (secondary N) is 3. The topological polar surface area (TPSA) is 91.4 Å². The number of pyridine rings is 1. The molecular formula is C23H16N6O. The Morgan fingerprint density at radius 3 is 2.67 bits per heavy atom. The van der Waals surface area contributed by atoms with Gasteiger partial charge in [-0.05, 0) is 36.4 Å². The molecule has 0 fully saturated rings. The molecule has 0 atom stereocenters. The van der Waals surface area contributed by atoms with Crippen LogP contribution in [0.3, 0.4) is 0 Å². The van der Waals surface area contributed by atoms with Crippen LogP contribution in [-0.2, 0) is 0 Å². The van der Waals surface area contributed by atoms with E-state index in [1.807, 2.05) is 66.7 Å². The number of para-hydroxylation sites is 3. The largest absolute Gasteiger partial charge is 0.355 e. The van der Waals surface area contributed by atoms with Gasteiger partial charge in [-0.25, -0.2) is 14.5 Å². The lowest BCUT2D eigenvalue weighted by molar-refractivity contribution is 0.960. The highest BCUT2D eigenvalue weighted by Crippen LogP contribution is 2.27. The summed E-state index contributed by atoms with van der Waals surface area (Å²) in [5.74, 6) is 0.503. The van der Waals surface area contributed by atoms with Crippen LogP contribution in [0.4, 0.5) is 11.4 Å². The van der Waals surface area contributed by atoms with Crippen LogP contribution in [0.15, 0.2) is 83.9 Å². The van der Waals surface area contributed by atoms with E-state index in [2.05, 4.69) is 25.3 Å². The molecule has 7 nitrogen and oxygen atoms in total. The molecule has 0 spiro atoms. The molecule has 7 heteroatoms. The highest BCUT2D eigenvalue weighted by Gasteiger charge is 2.13. The van der Waals surface area contributed by atoms with Crippen molar-refractivity contribution in [3.63, 3.8) is 0 Å². The molecule has 0 amide bonds. The second-order valence-electron chi connectivity index (χ2n) is 7.09. The third-order valence-corrected chi connectivity index (χ3v) is 5.21. The minimum Gasteiger partial charge on any atom is -0.355 e. The molecular weight excluding hydrogens is 376 g/mol. The van der Waals surface area contributed by atoms with Crippen LogP contribution in [0.2, 0.25) is 0 Å². The fraction of sp³-hybridized carbons (Fsp3) is 0. The molecule has 0 saturated carbocycles. The number of benzene rings is 3. The average molecular weight is 392 g/mol. The van der Waals surface area contributed by atoms with E-state index in [0.29, 0.717) is 5.95 Å². The third-order valence-electron chi connectivity index (χ3n) is 5.21. The number of H-pyrrole nitrogens is 2. The summed E-state index contributed by atoms with van der Waals surface area (Å²) in [6.07, 6.45) is 1.67. The molecule has 3 aromatic carbocycles. The number of nitrogens with zero attached hydrogens (tertiary/aromatic N) is 3. The lowest BCUT2D eigenvalue weighted by Crippen LogP contribution is -2.19. The first-order valence-corrected chi connectivity index (χ1v) is 9.56. The van der Waals surface area contributed by atoms with Gasteiger partial charge < -0.3 is 15.3 Å². The Kier molecular flexibility index (Phi) is 3.48. The van der Waals surface area contributed by atoms with Crippen molar-refractivity contribution in [2.45, 2.75) is 0 Å². The van der Waals surface area contributed by atoms with E-state index in [-0.39, 0.29) is 5.56 Å². The summed E-state index contributed by atoms with van der Waals surface area (Å²) in [6.45, 7) is 0. The van der Waals surface area contributed by atoms with Crippen molar-refractivity contribution in [2.24, 2.45) is 0 Å². The first kappa shape index (κ1) is 16.6. The molecule has 0 aliphatic rings. The summed E-state index contributed by atoms with van der Waals surface area (Å²) >= 11 is 0. The van der Waals surface area contributed by atoms with Crippen LogP contribution >= 0.6 is 0 Å². The predicted molar refractivity (Wildman–Crippen MR) is 119 cm³/mol. The van der Waals surface area contributed by atoms with Gasteiger partial charge >= 0.3 is 0 Å². The molecule has 0 aliphatic carbocycles. The SMILES string of the molecule is O=c1cc(Nc2ccc3nc[nH]c3c2)c2ccccc2n1-c1nc2ccccc2[nH]1. The number of hydrogen-bond donors (Lipinski definition) is 3. The van der Waals surface area contributed by atoms with Crippen molar-refractivity contribution in [3.8, 4) is 5.95 Å². The van der Waals surface area contributed by atoms with Crippen LogP contribution in [0.1, 0.15) is 0 Å². The number of anilines is 2. The molecule has 0 radical (unpaired) electrons. The predicted octanol–water partition coefficient (Wildman–Crippen LogP) is 4.49. The monoisotopic (exact) mass is 392 g/mol. The van der Waals surface area contributed by atoms with E-state index in [9.17, 15) is 4.79 Å². The van der Waals surface area contributed by atoms with Gasteiger partial charge in [0.2, 0.25) is 5.95 Å². The Morgan fingerprint density at radius 2 is 1.73 bits per heavy atom. The zero-order valence-electron chi connectivity index (χ0n) is 15.8. The summed E-state index contributed by atoms with van der Waals surface area (Å²) in [5.41, 5.74) is 5.74. The van der Waals surface area contributed by atoms with Crippen molar-refractivity contribution < 1.29 is 0 Å². The Balaban J connectivity index is 1.53. The summed E-state index contributed by atoms with van der Waals surface area (Å²) in [6, 6.07) is 23.0. The van der Waals surface area contributed by atoms with Gasteiger partial charge in [0.1, 0.15) is 0 Å². The molecule has 0 saturated heterocycles. The first-order valence-electron chi connectivity index (χ1n) is 9.56. The molecule has 3 aromatic heterocycles. The minimum atomic E-state index is -0.169. The Labute approximate surface area is 170 Å². The van der Waals surface area contributed by atoms with E-state index >= 15 is 0 Å². The Morgan fingerprint density at radius 1 is 0.867 bits per heavy atom. The minimum absolute atomic E-state index is 0.169. The van der Waals surface area contributed by atoms with Crippen molar-refractivity contribution >= 4 is 44.3 Å². The molecule has 0 aliphatic heterocycles. The maximum Gasteiger partial charge on any atom is 0.260 e. The van der Waals surface area contributed by atoms with Crippen molar-refractivity contribution in [1.82, 2.24) is 24.5 Å². The van der Waals surface area contributed by atoms with Crippen molar-refractivity contribution in [2.75, 3.05) is 5.32 Å². The Bertz CT molecular complexity index is 1570. The van der Waals surface area contributed by atoms with Crippen molar-refractivity contribution in [1.29, 1.82) is 0 Å². The summed E-state index contributed by atoms with van der Waals surface area (Å²) in [7, 11) is 0. The lowest BCUT2D eigenvalue weighted by atomic mass is 10.1. The fourth-order valence-corrected chi connectivity index (χ4v) is 3.82. The highest BCUT2D eigenvalue weighted by molar-refractivity contribution is 5.94. The number of aromatic amines is 2. The molecule has 0 unspecified atom stereocenters. The van der Waals surface area contributed by atoms with Gasteiger partial charge in [-0.15, -0.1) is 0 Å². The van der Waals surface area contributed by atoms with Gasteiger partial charge in [0.25, 0.3) is 5.56 Å². The van der Waals surface area contributed by atoms with Gasteiger partial charge in [0.05, 0.1) is 39.6 Å². The zero-order chi connectivity index (χ0) is 20.1. The van der Waals surface area contributed by atoms with Crippen LogP contribution in [0.25, 0.3) is 38.9 Å². The summed E-state index contributed by atoms with van der Waals surface area (Å²) < 4.78 is 1.61. The molecule has 30 heavy (non-hydrogen) atoms. The molecule has 3 N–H and O–H groups in total. The molecule has 144 valence electrons. The fourth-order valence-electron chi connectivity index (χ4n) is 3.82. The van der Waals surface area contributed by atoms with E-state index in [1.54, 1.807) is 17.0 Å². The lowest BCUT2D eigenvalue weighted by Gasteiger charge is -2.13. The van der Waals surface area contributed by atoms with Gasteiger partial charge in [-0.1, -0.05) is 30.3 Å². The normalized spacial score (nSPS) is 11.5. The summed E-state index contributed by atoms with van der Waals surface area (Å²) in [4.78, 5) is 28.4. The number of hydrogen-bond acceptors (Lipinski definition) is 4. The molecule has 6 rings (SSSR count). The maximum atomic E-state index is 13.1. The number of rotatable bonds is 3. The summed E-state index contributed by atoms with van der Waals surface area (Å²) in [5, 5.41) is 4.30. The Hall–Kier alpha value is -4.39. The van der Waals surface area contributed by atoms with Crippen LogP contribution in [0.5, 0.6) is 0 Å². The van der Waals surface area contributed by atoms with Gasteiger partial charge in [0.15, 0.2) is 0 Å². The van der Waals surface area contributed by atoms with E-state index in [0.717, 1.165) is 44.3 Å². The van der Waals surface area contributed by atoms with Crippen LogP contribution in [-0.4, -0.2) is 24.5 Å². The average Bonchev–Trinajstić information content (AvgIpc) is 3.40. The van der Waals surface area contributed by atoms with Crippen LogP contribution < -0.4 is 10.9 Å².